The van der Waals surface area contributed by atoms with Crippen molar-refractivity contribution in [3.8, 4) is 0 Å². The Morgan fingerprint density at radius 3 is 2.61 bits per heavy atom. The van der Waals surface area contributed by atoms with Gasteiger partial charge in [-0.3, -0.25) is 0 Å². The number of carboxylic acid groups (broad SMARTS) is 1. The predicted molar refractivity (Wildman–Crippen MR) is 63.6 cm³/mol. The Morgan fingerprint density at radius 1 is 1.44 bits per heavy atom. The van der Waals surface area contributed by atoms with Crippen LogP contribution < -0.4 is 10.0 Å². The van der Waals surface area contributed by atoms with Gasteiger partial charge < -0.3 is 14.8 Å². The fraction of sp³-hybridized carbons (Fsp3) is 0.500. The van der Waals surface area contributed by atoms with E-state index >= 15 is 0 Å². The van der Waals surface area contributed by atoms with Crippen molar-refractivity contribution in [3.63, 3.8) is 0 Å². The lowest BCUT2D eigenvalue weighted by Crippen LogP contribution is -3.16. The second kappa shape index (κ2) is 5.35. The number of thiophene rings is 1. The van der Waals surface area contributed by atoms with Gasteiger partial charge in [0.05, 0.1) is 32.1 Å². The summed E-state index contributed by atoms with van der Waals surface area (Å²) in [6, 6.07) is 3.29. The van der Waals surface area contributed by atoms with Crippen molar-refractivity contribution in [1.29, 1.82) is 0 Å². The van der Waals surface area contributed by atoms with Gasteiger partial charge in [0.15, 0.2) is 0 Å². The third-order valence-electron chi connectivity index (χ3n) is 2.91. The molecule has 0 bridgehead atoms. The smallest absolute Gasteiger partial charge is 0.252 e. The van der Waals surface area contributed by atoms with E-state index in [9.17, 15) is 18.3 Å². The number of carbonyl (C=O) groups excluding carboxylic acids is 1. The molecule has 0 spiro atoms. The molecule has 2 heterocycles. The van der Waals surface area contributed by atoms with Crippen LogP contribution in [0.5, 0.6) is 0 Å². The van der Waals surface area contributed by atoms with E-state index in [1.807, 2.05) is 0 Å². The maximum atomic E-state index is 12.2. The quantitative estimate of drug-likeness (QED) is 0.658. The molecule has 0 unspecified atom stereocenters. The second-order valence-electron chi connectivity index (χ2n) is 4.13. The minimum Gasteiger partial charge on any atom is -0.544 e. The number of hydrogen-bond acceptors (Lipinski definition) is 5. The van der Waals surface area contributed by atoms with Gasteiger partial charge in [-0.2, -0.15) is 4.31 Å². The first-order valence-electron chi connectivity index (χ1n) is 5.57. The molecular formula is C10H14N2O4S2. The van der Waals surface area contributed by atoms with Gasteiger partial charge in [-0.05, 0) is 11.4 Å². The highest BCUT2D eigenvalue weighted by molar-refractivity contribution is 7.91. The lowest BCUT2D eigenvalue weighted by Gasteiger charge is -2.31. The number of carboxylic acids is 1. The number of nitrogens with zero attached hydrogens (tertiary/aromatic N) is 1. The minimum absolute atomic E-state index is 0.0626. The summed E-state index contributed by atoms with van der Waals surface area (Å²) in [5.74, 6) is -1.10. The molecule has 0 saturated carbocycles. The van der Waals surface area contributed by atoms with E-state index in [0.29, 0.717) is 30.4 Å². The standard InChI is InChI=1S/C10H14N2O4S2/c13-9(14)8-11-3-5-12(6-4-11)18(15,16)10-2-1-7-17-10/h1-2,7H,3-6,8H2,(H,13,14). The van der Waals surface area contributed by atoms with Gasteiger partial charge in [-0.15, -0.1) is 11.3 Å². The van der Waals surface area contributed by atoms with Crippen molar-refractivity contribution in [2.45, 2.75) is 4.21 Å². The van der Waals surface area contributed by atoms with Crippen molar-refractivity contribution in [1.82, 2.24) is 4.31 Å². The van der Waals surface area contributed by atoms with E-state index in [-0.39, 0.29) is 6.54 Å². The van der Waals surface area contributed by atoms with Crippen LogP contribution in [0.1, 0.15) is 0 Å². The van der Waals surface area contributed by atoms with Crippen molar-refractivity contribution < 1.29 is 23.2 Å². The normalized spacial score (nSPS) is 18.9. The lowest BCUT2D eigenvalue weighted by molar-refractivity contribution is -0.898. The first-order valence-corrected chi connectivity index (χ1v) is 7.89. The molecule has 1 saturated heterocycles. The Kier molecular flexibility index (Phi) is 4.00. The van der Waals surface area contributed by atoms with E-state index < -0.39 is 16.0 Å². The Morgan fingerprint density at radius 2 is 2.11 bits per heavy atom. The van der Waals surface area contributed by atoms with Crippen LogP contribution in [0.4, 0.5) is 0 Å². The zero-order valence-electron chi connectivity index (χ0n) is 9.66. The average molecular weight is 290 g/mol. The van der Waals surface area contributed by atoms with Crippen molar-refractivity contribution >= 4 is 27.3 Å². The van der Waals surface area contributed by atoms with Gasteiger partial charge in [-0.1, -0.05) is 6.07 Å². The molecule has 8 heteroatoms. The first-order chi connectivity index (χ1) is 8.50. The van der Waals surface area contributed by atoms with Crippen LogP contribution in [-0.4, -0.2) is 51.4 Å². The summed E-state index contributed by atoms with van der Waals surface area (Å²) in [4.78, 5) is 11.3. The summed E-state index contributed by atoms with van der Waals surface area (Å²) in [6.45, 7) is 1.63. The van der Waals surface area contributed by atoms with Crippen LogP contribution in [0.2, 0.25) is 0 Å². The molecule has 100 valence electrons. The number of sulfonamides is 1. The highest BCUT2D eigenvalue weighted by Crippen LogP contribution is 2.20. The van der Waals surface area contributed by atoms with Crippen LogP contribution in [0.25, 0.3) is 0 Å². The number of piperazine rings is 1. The Balaban J connectivity index is 2.00. The van der Waals surface area contributed by atoms with E-state index in [4.69, 9.17) is 0 Å². The van der Waals surface area contributed by atoms with Gasteiger partial charge in [0.25, 0.3) is 10.0 Å². The molecule has 0 atom stereocenters. The highest BCUT2D eigenvalue weighted by atomic mass is 32.2. The predicted octanol–water partition coefficient (Wildman–Crippen LogP) is -2.61. The Bertz CT molecular complexity index is 504. The number of quaternary nitrogens is 1. The molecule has 1 aromatic rings. The maximum absolute atomic E-state index is 12.2. The van der Waals surface area contributed by atoms with E-state index in [0.717, 1.165) is 4.90 Å². The molecule has 0 radical (unpaired) electrons. The summed E-state index contributed by atoms with van der Waals surface area (Å²) in [6.07, 6.45) is 0. The van der Waals surface area contributed by atoms with Gasteiger partial charge in [-0.25, -0.2) is 8.42 Å². The Labute approximate surface area is 109 Å². The van der Waals surface area contributed by atoms with E-state index in [2.05, 4.69) is 0 Å². The summed E-state index contributed by atoms with van der Waals surface area (Å²) >= 11 is 1.19. The molecule has 1 aromatic heterocycles. The maximum Gasteiger partial charge on any atom is 0.252 e. The zero-order chi connectivity index (χ0) is 13.2. The molecule has 2 rings (SSSR count). The number of carbonyl (C=O) groups is 1. The molecule has 1 fully saturated rings. The van der Waals surface area contributed by atoms with Gasteiger partial charge >= 0.3 is 0 Å². The third kappa shape index (κ3) is 2.89. The Hall–Kier alpha value is -0.960. The fourth-order valence-corrected chi connectivity index (χ4v) is 4.55. The average Bonchev–Trinajstić information content (AvgIpc) is 2.83. The lowest BCUT2D eigenvalue weighted by atomic mass is 10.3. The first kappa shape index (κ1) is 13.5. The molecule has 0 amide bonds. The molecule has 18 heavy (non-hydrogen) atoms. The van der Waals surface area contributed by atoms with Crippen molar-refractivity contribution in [2.24, 2.45) is 0 Å². The van der Waals surface area contributed by atoms with E-state index in [1.54, 1.807) is 17.5 Å². The van der Waals surface area contributed by atoms with Gasteiger partial charge in [0.2, 0.25) is 0 Å². The fourth-order valence-electron chi connectivity index (χ4n) is 1.96. The largest absolute Gasteiger partial charge is 0.544 e. The summed E-state index contributed by atoms with van der Waals surface area (Å²) < 4.78 is 26.1. The molecule has 1 N–H and O–H groups in total. The van der Waals surface area contributed by atoms with Gasteiger partial charge in [0, 0.05) is 0 Å². The summed E-state index contributed by atoms with van der Waals surface area (Å²) in [5, 5.41) is 12.2. The summed E-state index contributed by atoms with van der Waals surface area (Å²) in [7, 11) is -3.40. The molecular weight excluding hydrogens is 276 g/mol. The topological polar surface area (TPSA) is 81.9 Å². The number of hydrogen-bond donors (Lipinski definition) is 1. The third-order valence-corrected chi connectivity index (χ3v) is 6.18. The number of aliphatic carboxylic acids is 1. The van der Waals surface area contributed by atoms with Crippen LogP contribution in [0.3, 0.4) is 0 Å². The zero-order valence-corrected chi connectivity index (χ0v) is 11.3. The minimum atomic E-state index is -3.40. The van der Waals surface area contributed by atoms with Crippen molar-refractivity contribution in [2.75, 3.05) is 32.7 Å². The SMILES string of the molecule is O=C([O-])C[NH+]1CCN(S(=O)(=O)c2cccs2)CC1. The van der Waals surface area contributed by atoms with E-state index in [1.165, 1.54) is 15.6 Å². The van der Waals surface area contributed by atoms with Crippen LogP contribution in [0, 0.1) is 0 Å². The molecule has 1 aliphatic heterocycles. The number of rotatable bonds is 4. The number of nitrogens with one attached hydrogen (secondary N) is 1. The van der Waals surface area contributed by atoms with Crippen molar-refractivity contribution in [3.05, 3.63) is 17.5 Å². The molecule has 1 aliphatic rings. The molecule has 0 aromatic carbocycles. The molecule has 0 aliphatic carbocycles. The van der Waals surface area contributed by atoms with Crippen LogP contribution in [0.15, 0.2) is 21.7 Å². The molecule has 6 nitrogen and oxygen atoms in total. The summed E-state index contributed by atoms with van der Waals surface area (Å²) in [5.41, 5.74) is 0. The van der Waals surface area contributed by atoms with Gasteiger partial charge in [0.1, 0.15) is 10.8 Å². The van der Waals surface area contributed by atoms with Crippen LogP contribution >= 0.6 is 11.3 Å². The monoisotopic (exact) mass is 290 g/mol. The highest BCUT2D eigenvalue weighted by Gasteiger charge is 2.30. The van der Waals surface area contributed by atoms with Crippen LogP contribution in [-0.2, 0) is 14.8 Å². The second-order valence-corrected chi connectivity index (χ2v) is 7.25.